The molecular formula is C27H28N2O2. The number of carboxylic acids is 1. The van der Waals surface area contributed by atoms with Gasteiger partial charge in [-0.3, -0.25) is 4.90 Å². The van der Waals surface area contributed by atoms with Crippen LogP contribution in [0.5, 0.6) is 0 Å². The number of fused-ring (bicyclic) bond motifs is 1. The zero-order chi connectivity index (χ0) is 21.5. The molecule has 2 aromatic carbocycles. The monoisotopic (exact) mass is 412 g/mol. The van der Waals surface area contributed by atoms with Gasteiger partial charge in [0.05, 0.1) is 5.56 Å². The van der Waals surface area contributed by atoms with Crippen LogP contribution in [0.25, 0.3) is 10.9 Å². The Morgan fingerprint density at radius 3 is 2.65 bits per heavy atom. The molecule has 1 saturated heterocycles. The molecule has 2 atom stereocenters. The van der Waals surface area contributed by atoms with E-state index in [4.69, 9.17) is 6.42 Å². The number of carboxylic acid groups (broad SMARTS) is 1. The van der Waals surface area contributed by atoms with E-state index in [0.717, 1.165) is 42.4 Å². The number of aryl methyl sites for hydroxylation is 1. The molecule has 2 aliphatic rings. The Balaban J connectivity index is 1.50. The highest BCUT2D eigenvalue weighted by atomic mass is 16.4. The number of likely N-dealkylation sites (tertiary alicyclic amines) is 1. The van der Waals surface area contributed by atoms with Gasteiger partial charge >= 0.3 is 5.97 Å². The van der Waals surface area contributed by atoms with Gasteiger partial charge in [0, 0.05) is 35.2 Å². The number of rotatable bonds is 5. The molecule has 4 heteroatoms. The molecule has 5 rings (SSSR count). The maximum atomic E-state index is 11.3. The van der Waals surface area contributed by atoms with E-state index in [-0.39, 0.29) is 6.04 Å². The van der Waals surface area contributed by atoms with Crippen molar-refractivity contribution in [1.29, 1.82) is 0 Å². The summed E-state index contributed by atoms with van der Waals surface area (Å²) in [5.74, 6) is 3.67. The van der Waals surface area contributed by atoms with E-state index in [1.807, 2.05) is 18.3 Å². The average Bonchev–Trinajstić information content (AvgIpc) is 3.51. The maximum absolute atomic E-state index is 11.3. The van der Waals surface area contributed by atoms with E-state index in [0.29, 0.717) is 5.56 Å². The number of hydrogen-bond donors (Lipinski definition) is 2. The molecule has 1 aliphatic heterocycles. The largest absolute Gasteiger partial charge is 0.478 e. The Hall–Kier alpha value is -3.03. The Kier molecular flexibility index (Phi) is 5.08. The zero-order valence-electron chi connectivity index (χ0n) is 17.9. The SMILES string of the molecule is C#Cc1cc(C)c2[nH]ccc2c1CN1CCC(C2CC2)C[C@H]1c1ccc(C(=O)O)cc1. The molecule has 2 heterocycles. The van der Waals surface area contributed by atoms with E-state index in [1.165, 1.54) is 41.3 Å². The highest BCUT2D eigenvalue weighted by Gasteiger charge is 2.38. The van der Waals surface area contributed by atoms with Crippen LogP contribution in [0.1, 0.15) is 64.3 Å². The Morgan fingerprint density at radius 2 is 1.97 bits per heavy atom. The summed E-state index contributed by atoms with van der Waals surface area (Å²) >= 11 is 0. The number of aromatic carboxylic acids is 1. The molecule has 31 heavy (non-hydrogen) atoms. The van der Waals surface area contributed by atoms with E-state index >= 15 is 0 Å². The fraction of sp³-hybridized carbons (Fsp3) is 0.370. The first-order valence-electron chi connectivity index (χ1n) is 11.2. The van der Waals surface area contributed by atoms with Crippen molar-refractivity contribution in [1.82, 2.24) is 9.88 Å². The Labute approximate surface area is 183 Å². The van der Waals surface area contributed by atoms with Crippen LogP contribution in [-0.2, 0) is 6.54 Å². The lowest BCUT2D eigenvalue weighted by Gasteiger charge is -2.40. The number of nitrogens with zero attached hydrogens (tertiary/aromatic N) is 1. The zero-order valence-corrected chi connectivity index (χ0v) is 17.9. The van der Waals surface area contributed by atoms with Crippen molar-refractivity contribution >= 4 is 16.9 Å². The molecule has 158 valence electrons. The molecule has 1 unspecified atom stereocenters. The first-order chi connectivity index (χ1) is 15.0. The third-order valence-corrected chi connectivity index (χ3v) is 7.25. The Morgan fingerprint density at radius 1 is 1.19 bits per heavy atom. The maximum Gasteiger partial charge on any atom is 0.335 e. The van der Waals surface area contributed by atoms with Gasteiger partial charge in [-0.05, 0) is 91.9 Å². The van der Waals surface area contributed by atoms with Crippen LogP contribution < -0.4 is 0 Å². The first-order valence-corrected chi connectivity index (χ1v) is 11.2. The highest BCUT2D eigenvalue weighted by Crippen LogP contribution is 2.47. The van der Waals surface area contributed by atoms with E-state index in [9.17, 15) is 9.90 Å². The van der Waals surface area contributed by atoms with Crippen LogP contribution in [0.15, 0.2) is 42.6 Å². The van der Waals surface area contributed by atoms with Crippen LogP contribution in [0.2, 0.25) is 0 Å². The number of nitrogens with one attached hydrogen (secondary N) is 1. The van der Waals surface area contributed by atoms with Gasteiger partial charge in [-0.25, -0.2) is 4.79 Å². The van der Waals surface area contributed by atoms with Gasteiger partial charge in [-0.2, -0.15) is 0 Å². The van der Waals surface area contributed by atoms with Crippen molar-refractivity contribution in [3.8, 4) is 12.3 Å². The smallest absolute Gasteiger partial charge is 0.335 e. The first kappa shape index (κ1) is 19.9. The molecule has 0 bridgehead atoms. The summed E-state index contributed by atoms with van der Waals surface area (Å²) < 4.78 is 0. The van der Waals surface area contributed by atoms with Crippen molar-refractivity contribution in [3.05, 3.63) is 70.4 Å². The number of aromatic nitrogens is 1. The number of hydrogen-bond acceptors (Lipinski definition) is 2. The van der Waals surface area contributed by atoms with Crippen LogP contribution in [-0.4, -0.2) is 27.5 Å². The van der Waals surface area contributed by atoms with Crippen molar-refractivity contribution in [2.24, 2.45) is 11.8 Å². The lowest BCUT2D eigenvalue weighted by Crippen LogP contribution is -2.37. The summed E-state index contributed by atoms with van der Waals surface area (Å²) in [6, 6.07) is 12.0. The third kappa shape index (κ3) is 3.75. The van der Waals surface area contributed by atoms with Gasteiger partial charge in [0.25, 0.3) is 0 Å². The second kappa shape index (κ2) is 7.90. The van der Waals surface area contributed by atoms with Crippen molar-refractivity contribution < 1.29 is 9.90 Å². The molecule has 2 N–H and O–H groups in total. The molecule has 4 nitrogen and oxygen atoms in total. The van der Waals surface area contributed by atoms with Gasteiger partial charge in [0.2, 0.25) is 0 Å². The number of aromatic amines is 1. The molecule has 0 spiro atoms. The van der Waals surface area contributed by atoms with Crippen LogP contribution in [0.3, 0.4) is 0 Å². The molecular weight excluding hydrogens is 384 g/mol. The summed E-state index contributed by atoms with van der Waals surface area (Å²) in [6.07, 6.45) is 13.0. The topological polar surface area (TPSA) is 56.3 Å². The van der Waals surface area contributed by atoms with Gasteiger partial charge in [0.15, 0.2) is 0 Å². The number of piperidine rings is 1. The minimum atomic E-state index is -0.879. The molecule has 2 fully saturated rings. The van der Waals surface area contributed by atoms with Gasteiger partial charge < -0.3 is 10.1 Å². The molecule has 1 aliphatic carbocycles. The average molecular weight is 413 g/mol. The van der Waals surface area contributed by atoms with Crippen molar-refractivity contribution in [2.75, 3.05) is 6.54 Å². The molecule has 0 amide bonds. The highest BCUT2D eigenvalue weighted by molar-refractivity contribution is 5.88. The predicted molar refractivity (Wildman–Crippen MR) is 123 cm³/mol. The summed E-state index contributed by atoms with van der Waals surface area (Å²) in [5.41, 5.74) is 6.05. The van der Waals surface area contributed by atoms with Gasteiger partial charge in [-0.1, -0.05) is 18.1 Å². The third-order valence-electron chi connectivity index (χ3n) is 7.25. The second-order valence-electron chi connectivity index (χ2n) is 9.17. The predicted octanol–water partition coefficient (Wildman–Crippen LogP) is 5.52. The molecule has 3 aromatic rings. The van der Waals surface area contributed by atoms with E-state index in [2.05, 4.69) is 34.9 Å². The van der Waals surface area contributed by atoms with E-state index < -0.39 is 5.97 Å². The Bertz CT molecular complexity index is 1160. The second-order valence-corrected chi connectivity index (χ2v) is 9.17. The quantitative estimate of drug-likeness (QED) is 0.543. The molecule has 0 radical (unpaired) electrons. The number of carbonyl (C=O) groups is 1. The summed E-state index contributed by atoms with van der Waals surface area (Å²) in [7, 11) is 0. The standard InChI is InChI=1S/C27H28N2O2/c1-3-18-14-17(2)26-23(10-12-28-26)24(18)16-29-13-11-22(19-4-5-19)15-25(29)20-6-8-21(9-7-20)27(30)31/h1,6-10,12,14,19,22,25,28H,4-5,11,13,15-16H2,2H3,(H,30,31)/t22?,25-/m0/s1. The van der Waals surface area contributed by atoms with E-state index in [1.54, 1.807) is 12.1 Å². The fourth-order valence-corrected chi connectivity index (χ4v) is 5.39. The van der Waals surface area contributed by atoms with Gasteiger partial charge in [-0.15, -0.1) is 6.42 Å². The van der Waals surface area contributed by atoms with Crippen molar-refractivity contribution in [3.63, 3.8) is 0 Å². The van der Waals surface area contributed by atoms with Crippen molar-refractivity contribution in [2.45, 2.75) is 45.2 Å². The summed E-state index contributed by atoms with van der Waals surface area (Å²) in [5, 5.41) is 10.5. The minimum Gasteiger partial charge on any atom is -0.478 e. The lowest BCUT2D eigenvalue weighted by atomic mass is 9.83. The van der Waals surface area contributed by atoms with Crippen LogP contribution in [0, 0.1) is 31.1 Å². The fourth-order valence-electron chi connectivity index (χ4n) is 5.39. The summed E-state index contributed by atoms with van der Waals surface area (Å²) in [4.78, 5) is 17.2. The number of H-pyrrole nitrogens is 1. The summed E-state index contributed by atoms with van der Waals surface area (Å²) in [6.45, 7) is 3.94. The normalized spacial score (nSPS) is 21.8. The lowest BCUT2D eigenvalue weighted by molar-refractivity contribution is 0.0696. The molecule has 1 aromatic heterocycles. The van der Waals surface area contributed by atoms with Crippen LogP contribution >= 0.6 is 0 Å². The number of benzene rings is 2. The number of terminal acetylenes is 1. The van der Waals surface area contributed by atoms with Crippen LogP contribution in [0.4, 0.5) is 0 Å². The van der Waals surface area contributed by atoms with Gasteiger partial charge in [0.1, 0.15) is 0 Å². The minimum absolute atomic E-state index is 0.281. The molecule has 1 saturated carbocycles.